The summed E-state index contributed by atoms with van der Waals surface area (Å²) in [6.07, 6.45) is 5.32. The number of amides is 2. The summed E-state index contributed by atoms with van der Waals surface area (Å²) in [7, 11) is 1.91. The molecule has 0 bridgehead atoms. The van der Waals surface area contributed by atoms with Gasteiger partial charge in [0.2, 0.25) is 11.8 Å². The lowest BCUT2D eigenvalue weighted by Crippen LogP contribution is -2.36. The fraction of sp³-hybridized carbons (Fsp3) is 0.643. The van der Waals surface area contributed by atoms with Crippen LogP contribution in [0.3, 0.4) is 0 Å². The normalized spacial score (nSPS) is 15.7. The Morgan fingerprint density at radius 3 is 2.39 bits per heavy atom. The van der Waals surface area contributed by atoms with E-state index in [0.717, 1.165) is 37.3 Å². The van der Waals surface area contributed by atoms with E-state index in [-0.39, 0.29) is 23.8 Å². The van der Waals surface area contributed by atoms with E-state index in [1.54, 1.807) is 0 Å². The minimum atomic E-state index is -0.00812. The highest BCUT2D eigenvalue weighted by molar-refractivity contribution is 7.98. The van der Waals surface area contributed by atoms with Crippen molar-refractivity contribution in [1.82, 2.24) is 10.2 Å². The number of nitrogens with one attached hydrogen (secondary N) is 1. The molecular weight excluding hydrogens is 428 g/mol. The molecule has 5 atom stereocenters. The van der Waals surface area contributed by atoms with Crippen LogP contribution in [0.2, 0.25) is 0 Å². The molecule has 1 N–H and O–H groups in total. The maximum atomic E-state index is 12.6. The van der Waals surface area contributed by atoms with Crippen LogP contribution in [0.25, 0.3) is 0 Å². The summed E-state index contributed by atoms with van der Waals surface area (Å²) in [4.78, 5) is 26.8. The summed E-state index contributed by atoms with van der Waals surface area (Å²) in [6, 6.07) is 10.4. The van der Waals surface area contributed by atoms with E-state index in [2.05, 4.69) is 63.9 Å². The molecule has 1 rings (SSSR count). The second kappa shape index (κ2) is 16.0. The Morgan fingerprint density at radius 1 is 1.12 bits per heavy atom. The lowest BCUT2D eigenvalue weighted by atomic mass is 9.84. The zero-order valence-electron chi connectivity index (χ0n) is 21.7. The molecule has 0 aromatic heterocycles. The van der Waals surface area contributed by atoms with E-state index in [1.807, 2.05) is 42.8 Å². The van der Waals surface area contributed by atoms with Crippen LogP contribution >= 0.6 is 11.8 Å². The van der Waals surface area contributed by atoms with Gasteiger partial charge in [0.05, 0.1) is 6.04 Å². The Bertz CT molecular complexity index is 709. The first-order valence-corrected chi connectivity index (χ1v) is 13.6. The Balaban J connectivity index is 2.34. The molecule has 0 aliphatic carbocycles. The van der Waals surface area contributed by atoms with Gasteiger partial charge in [-0.25, -0.2) is 0 Å². The predicted octanol–water partition coefficient (Wildman–Crippen LogP) is 6.17. The molecule has 5 heteroatoms. The summed E-state index contributed by atoms with van der Waals surface area (Å²) in [5, 5.41) is 3.14. The molecule has 0 fully saturated rings. The smallest absolute Gasteiger partial charge is 0.225 e. The maximum absolute atomic E-state index is 12.6. The molecule has 0 saturated carbocycles. The maximum Gasteiger partial charge on any atom is 0.225 e. The van der Waals surface area contributed by atoms with Crippen LogP contribution < -0.4 is 5.32 Å². The first-order valence-electron chi connectivity index (χ1n) is 12.5. The fourth-order valence-electron chi connectivity index (χ4n) is 3.87. The number of hydrogen-bond donors (Lipinski definition) is 1. The second-order valence-electron chi connectivity index (χ2n) is 9.77. The third-order valence-corrected chi connectivity index (χ3v) is 7.79. The largest absolute Gasteiger partial charge is 0.349 e. The fourth-order valence-corrected chi connectivity index (χ4v) is 4.89. The first kappa shape index (κ1) is 29.3. The Kier molecular flexibility index (Phi) is 14.2. The van der Waals surface area contributed by atoms with Crippen LogP contribution in [-0.4, -0.2) is 42.1 Å². The van der Waals surface area contributed by atoms with E-state index in [9.17, 15) is 9.59 Å². The van der Waals surface area contributed by atoms with Gasteiger partial charge in [-0.1, -0.05) is 71.0 Å². The molecule has 0 radical (unpaired) electrons. The number of rotatable bonds is 16. The Morgan fingerprint density at radius 2 is 1.79 bits per heavy atom. The van der Waals surface area contributed by atoms with Gasteiger partial charge >= 0.3 is 0 Å². The zero-order chi connectivity index (χ0) is 24.8. The highest BCUT2D eigenvalue weighted by Gasteiger charge is 2.21. The number of hydrogen-bond acceptors (Lipinski definition) is 3. The van der Waals surface area contributed by atoms with E-state index in [1.165, 1.54) is 5.56 Å². The van der Waals surface area contributed by atoms with E-state index in [4.69, 9.17) is 0 Å². The quantitative estimate of drug-likeness (QED) is 0.291. The molecule has 4 nitrogen and oxygen atoms in total. The van der Waals surface area contributed by atoms with Gasteiger partial charge in [-0.15, -0.1) is 6.58 Å². The van der Waals surface area contributed by atoms with Crippen LogP contribution in [0.5, 0.6) is 0 Å². The van der Waals surface area contributed by atoms with Crippen LogP contribution in [-0.2, 0) is 15.3 Å². The Hall–Kier alpha value is -1.75. The number of benzene rings is 1. The second-order valence-corrected chi connectivity index (χ2v) is 10.8. The third kappa shape index (κ3) is 11.8. The summed E-state index contributed by atoms with van der Waals surface area (Å²) in [5.41, 5.74) is 1.30. The third-order valence-electron chi connectivity index (χ3n) is 6.66. The van der Waals surface area contributed by atoms with Crippen molar-refractivity contribution in [2.45, 2.75) is 72.1 Å². The van der Waals surface area contributed by atoms with Gasteiger partial charge in [0.15, 0.2) is 0 Å². The standard InChI is InChI=1S/C28H46N2O2S/c1-8-22(4)28(32)30(7)16-15-21(3)17-23(5)24(6)18-27(31)29-26(9-2)20-33-19-25-13-11-10-12-14-25/h9-14,21-24,26H,2,8,15-20H2,1,3-7H3,(H,29,31)/t21-,22-,23+,24-,26-/m1/s1. The van der Waals surface area contributed by atoms with Gasteiger partial charge in [0, 0.05) is 37.4 Å². The van der Waals surface area contributed by atoms with Crippen molar-refractivity contribution >= 4 is 23.6 Å². The van der Waals surface area contributed by atoms with Crippen LogP contribution in [0.15, 0.2) is 43.0 Å². The van der Waals surface area contributed by atoms with Gasteiger partial charge in [-0.05, 0) is 42.6 Å². The van der Waals surface area contributed by atoms with Crippen LogP contribution in [0, 0.1) is 23.7 Å². The van der Waals surface area contributed by atoms with Crippen molar-refractivity contribution in [3.05, 3.63) is 48.6 Å². The molecule has 0 unspecified atom stereocenters. The lowest BCUT2D eigenvalue weighted by Gasteiger charge is -2.26. The highest BCUT2D eigenvalue weighted by Crippen LogP contribution is 2.25. The summed E-state index contributed by atoms with van der Waals surface area (Å²) >= 11 is 1.81. The number of carbonyl (C=O) groups is 2. The molecule has 0 aliphatic rings. The number of thioether (sulfide) groups is 1. The van der Waals surface area contributed by atoms with Crippen molar-refractivity contribution in [2.24, 2.45) is 23.7 Å². The average Bonchev–Trinajstić information content (AvgIpc) is 2.81. The van der Waals surface area contributed by atoms with Crippen molar-refractivity contribution in [3.8, 4) is 0 Å². The zero-order valence-corrected chi connectivity index (χ0v) is 22.5. The molecule has 0 heterocycles. The molecule has 0 aliphatic heterocycles. The predicted molar refractivity (Wildman–Crippen MR) is 143 cm³/mol. The lowest BCUT2D eigenvalue weighted by molar-refractivity contribution is -0.134. The molecule has 33 heavy (non-hydrogen) atoms. The number of carbonyl (C=O) groups excluding carboxylic acids is 2. The van der Waals surface area contributed by atoms with Crippen LogP contribution in [0.4, 0.5) is 0 Å². The van der Waals surface area contributed by atoms with Gasteiger partial charge in [0.25, 0.3) is 0 Å². The average molecular weight is 475 g/mol. The van der Waals surface area contributed by atoms with E-state index >= 15 is 0 Å². The van der Waals surface area contributed by atoms with Crippen molar-refractivity contribution < 1.29 is 9.59 Å². The van der Waals surface area contributed by atoms with Crippen molar-refractivity contribution in [3.63, 3.8) is 0 Å². The van der Waals surface area contributed by atoms with E-state index in [0.29, 0.717) is 24.2 Å². The van der Waals surface area contributed by atoms with Crippen LogP contribution in [0.1, 0.15) is 65.9 Å². The number of nitrogens with zero attached hydrogens (tertiary/aromatic N) is 1. The molecule has 186 valence electrons. The van der Waals surface area contributed by atoms with Crippen molar-refractivity contribution in [2.75, 3.05) is 19.3 Å². The molecule has 1 aromatic carbocycles. The monoisotopic (exact) mass is 474 g/mol. The summed E-state index contributed by atoms with van der Waals surface area (Å²) < 4.78 is 0. The van der Waals surface area contributed by atoms with Gasteiger partial charge < -0.3 is 10.2 Å². The molecular formula is C28H46N2O2S. The van der Waals surface area contributed by atoms with Crippen molar-refractivity contribution in [1.29, 1.82) is 0 Å². The molecule has 0 saturated heterocycles. The minimum Gasteiger partial charge on any atom is -0.349 e. The topological polar surface area (TPSA) is 49.4 Å². The Labute approximate surface area is 207 Å². The van der Waals surface area contributed by atoms with Gasteiger partial charge in [0.1, 0.15) is 0 Å². The highest BCUT2D eigenvalue weighted by atomic mass is 32.2. The summed E-state index contributed by atoms with van der Waals surface area (Å²) in [6.45, 7) is 15.4. The van der Waals surface area contributed by atoms with E-state index < -0.39 is 0 Å². The first-order chi connectivity index (χ1) is 15.7. The SMILES string of the molecule is C=C[C@H](CSCc1ccccc1)NC(=O)C[C@@H](C)[C@@H](C)C[C@H](C)CCN(C)C(=O)[C@H](C)CC. The summed E-state index contributed by atoms with van der Waals surface area (Å²) in [5.74, 6) is 3.49. The molecule has 0 spiro atoms. The molecule has 2 amide bonds. The van der Waals surface area contributed by atoms with Gasteiger partial charge in [-0.2, -0.15) is 11.8 Å². The molecule has 1 aromatic rings. The van der Waals surface area contributed by atoms with Gasteiger partial charge in [-0.3, -0.25) is 9.59 Å². The minimum absolute atomic E-state index is 0.00812.